The summed E-state index contributed by atoms with van der Waals surface area (Å²) in [5.41, 5.74) is 2.87. The van der Waals surface area contributed by atoms with E-state index in [0.717, 1.165) is 30.5 Å². The van der Waals surface area contributed by atoms with E-state index >= 15 is 0 Å². The fraction of sp³-hybridized carbons (Fsp3) is 0.415. The summed E-state index contributed by atoms with van der Waals surface area (Å²) >= 11 is 0.0284. The Labute approximate surface area is 303 Å². The molecule has 1 N–H and O–H groups in total. The van der Waals surface area contributed by atoms with Gasteiger partial charge in [0.25, 0.3) is 0 Å². The van der Waals surface area contributed by atoms with Crippen molar-refractivity contribution in [1.29, 1.82) is 0 Å². The average molecular weight is 888 g/mol. The van der Waals surface area contributed by atoms with Crippen LogP contribution >= 0.6 is 11.3 Å². The fourth-order valence-electron chi connectivity index (χ4n) is 5.54. The van der Waals surface area contributed by atoms with E-state index in [9.17, 15) is 9.90 Å². The Morgan fingerprint density at radius 1 is 0.936 bits per heavy atom. The number of carbonyl (C=O) groups is 1. The molecule has 5 aromatic rings. The van der Waals surface area contributed by atoms with Gasteiger partial charge in [0, 0.05) is 37.0 Å². The summed E-state index contributed by atoms with van der Waals surface area (Å²) in [5, 5.41) is 15.1. The topological polar surface area (TPSA) is 50.2 Å². The average Bonchev–Trinajstić information content (AvgIpc) is 3.41. The molecule has 2 heterocycles. The number of pyridine rings is 1. The van der Waals surface area contributed by atoms with Gasteiger partial charge in [-0.05, 0) is 19.3 Å². The predicted octanol–water partition coefficient (Wildman–Crippen LogP) is 12.0. The first-order chi connectivity index (χ1) is 21.6. The molecule has 47 heavy (non-hydrogen) atoms. The number of allylic oxidation sites excluding steroid dienone is 2. The fourth-order valence-corrected chi connectivity index (χ4v) is 9.33. The zero-order valence-corrected chi connectivity index (χ0v) is 35.4. The SMILES string of the molecule is CC(C)c1cc(-c2nccc3sc4c[c]([Ge]([CH3])([CH3])[CH3])ccc4c23)[c-]c2ccccc12.CCC(C)(C)C(=O)/C=C(\O)C(C)(CC)CC.[Ir]. The van der Waals surface area contributed by atoms with Gasteiger partial charge in [0.15, 0.2) is 5.78 Å². The second-order valence-corrected chi connectivity index (χ2v) is 26.6. The van der Waals surface area contributed by atoms with Crippen molar-refractivity contribution in [3.8, 4) is 11.3 Å². The molecule has 0 saturated heterocycles. The van der Waals surface area contributed by atoms with Gasteiger partial charge in [-0.2, -0.15) is 0 Å². The molecule has 0 amide bonds. The van der Waals surface area contributed by atoms with Crippen molar-refractivity contribution < 1.29 is 30.0 Å². The van der Waals surface area contributed by atoms with Crippen LogP contribution in [0.4, 0.5) is 0 Å². The molecule has 0 unspecified atom stereocenters. The van der Waals surface area contributed by atoms with Crippen LogP contribution in [0.1, 0.15) is 86.1 Å². The van der Waals surface area contributed by atoms with Gasteiger partial charge in [-0.3, -0.25) is 4.79 Å². The van der Waals surface area contributed by atoms with Gasteiger partial charge in [-0.1, -0.05) is 41.5 Å². The van der Waals surface area contributed by atoms with Gasteiger partial charge < -0.3 is 5.11 Å². The minimum atomic E-state index is -1.86. The molecule has 0 saturated carbocycles. The van der Waals surface area contributed by atoms with Gasteiger partial charge >= 0.3 is 186 Å². The number of carbonyl (C=O) groups excluding carboxylic acids is 1. The summed E-state index contributed by atoms with van der Waals surface area (Å²) in [4.78, 5) is 16.8. The van der Waals surface area contributed by atoms with Crippen molar-refractivity contribution in [3.05, 3.63) is 84.3 Å². The van der Waals surface area contributed by atoms with Crippen molar-refractivity contribution in [2.24, 2.45) is 10.8 Å². The molecule has 3 nitrogen and oxygen atoms in total. The second-order valence-electron chi connectivity index (χ2n) is 14.8. The van der Waals surface area contributed by atoms with E-state index in [1.165, 1.54) is 42.6 Å². The van der Waals surface area contributed by atoms with Crippen LogP contribution < -0.4 is 4.40 Å². The molecule has 0 atom stereocenters. The zero-order valence-electron chi connectivity index (χ0n) is 30.1. The van der Waals surface area contributed by atoms with Crippen molar-refractivity contribution in [1.82, 2.24) is 4.98 Å². The van der Waals surface area contributed by atoms with E-state index in [1.807, 2.05) is 59.1 Å². The summed E-state index contributed by atoms with van der Waals surface area (Å²) in [6.45, 7) is 16.4. The van der Waals surface area contributed by atoms with Gasteiger partial charge in [0.2, 0.25) is 0 Å². The number of thiophene rings is 1. The summed E-state index contributed by atoms with van der Waals surface area (Å²) in [5.74, 6) is 8.06. The third kappa shape index (κ3) is 8.47. The largest absolute Gasteiger partial charge is 0.512 e. The van der Waals surface area contributed by atoms with Crippen molar-refractivity contribution >= 4 is 65.7 Å². The van der Waals surface area contributed by atoms with Crippen LogP contribution in [0.3, 0.4) is 0 Å². The van der Waals surface area contributed by atoms with Crippen molar-refractivity contribution in [3.63, 3.8) is 0 Å². The van der Waals surface area contributed by atoms with E-state index in [4.69, 9.17) is 4.98 Å². The van der Waals surface area contributed by atoms with Crippen molar-refractivity contribution in [2.45, 2.75) is 97.8 Å². The second kappa shape index (κ2) is 15.5. The molecule has 5 rings (SSSR count). The Bertz CT molecular complexity index is 1890. The number of hydrogen-bond acceptors (Lipinski definition) is 4. The molecule has 3 aromatic carbocycles. The summed E-state index contributed by atoms with van der Waals surface area (Å²) in [6.07, 6.45) is 5.84. The molecular formula is C41H52GeIrNO2S-. The third-order valence-electron chi connectivity index (χ3n) is 9.93. The number of ketones is 1. The maximum absolute atomic E-state index is 11.9. The third-order valence-corrected chi connectivity index (χ3v) is 15.3. The standard InChI is InChI=1S/C27H26GeNS.C14H26O2.Ir/c1-17(2)23-15-19(14-18-8-6-7-9-21(18)23)27-26-22-11-10-20(28(3,4)5)16-25(22)30-24(26)12-13-29-27;1-7-13(4,5)11(15)10-12(16)14(6,8-2)9-3;/h6-13,15-17H,1-5H3;10,16H,7-9H2,1-6H3;/q-1;;/b;12-10-;. The maximum Gasteiger partial charge on any atom is 0.164 e. The summed E-state index contributed by atoms with van der Waals surface area (Å²) < 4.78 is 4.24. The summed E-state index contributed by atoms with van der Waals surface area (Å²) in [7, 11) is 0. The van der Waals surface area contributed by atoms with Gasteiger partial charge in [-0.15, -0.1) is 0 Å². The van der Waals surface area contributed by atoms with Crippen LogP contribution in [0.2, 0.25) is 17.3 Å². The number of aliphatic hydroxyl groups is 1. The Kier molecular flexibility index (Phi) is 12.9. The molecule has 1 radical (unpaired) electrons. The van der Waals surface area contributed by atoms with E-state index < -0.39 is 13.3 Å². The molecule has 0 fully saturated rings. The Morgan fingerprint density at radius 3 is 2.19 bits per heavy atom. The molecular weight excluding hydrogens is 835 g/mol. The first-order valence-corrected chi connectivity index (χ1v) is 24.9. The number of hydrogen-bond donors (Lipinski definition) is 1. The van der Waals surface area contributed by atoms with Crippen LogP contribution in [-0.2, 0) is 24.9 Å². The molecule has 0 spiro atoms. The molecule has 0 aliphatic carbocycles. The number of rotatable bonds is 9. The first kappa shape index (κ1) is 39.1. The molecule has 6 heteroatoms. The molecule has 0 bridgehead atoms. The van der Waals surface area contributed by atoms with E-state index in [2.05, 4.69) is 91.8 Å². The zero-order chi connectivity index (χ0) is 34.0. The minimum absolute atomic E-state index is 0. The van der Waals surface area contributed by atoms with Crippen LogP contribution in [0.5, 0.6) is 0 Å². The quantitative estimate of drug-likeness (QED) is 0.0694. The maximum atomic E-state index is 11.9. The Balaban J connectivity index is 0.000000304. The van der Waals surface area contributed by atoms with Gasteiger partial charge in [-0.25, -0.2) is 0 Å². The van der Waals surface area contributed by atoms with Crippen LogP contribution in [-0.4, -0.2) is 29.1 Å². The number of benzene rings is 3. The number of nitrogens with zero attached hydrogens (tertiary/aromatic N) is 1. The van der Waals surface area contributed by atoms with E-state index in [0.29, 0.717) is 5.92 Å². The monoisotopic (exact) mass is 889 g/mol. The number of aromatic nitrogens is 1. The van der Waals surface area contributed by atoms with Crippen LogP contribution in [0, 0.1) is 16.9 Å². The first-order valence-electron chi connectivity index (χ1n) is 16.8. The minimum Gasteiger partial charge on any atom is -0.512 e. The smallest absolute Gasteiger partial charge is 0.164 e. The number of fused-ring (bicyclic) bond motifs is 4. The van der Waals surface area contributed by atoms with Crippen molar-refractivity contribution in [2.75, 3.05) is 0 Å². The van der Waals surface area contributed by atoms with E-state index in [-0.39, 0.29) is 42.5 Å². The van der Waals surface area contributed by atoms with Crippen LogP contribution in [0.25, 0.3) is 42.2 Å². The summed E-state index contributed by atoms with van der Waals surface area (Å²) in [6, 6.07) is 23.8. The van der Waals surface area contributed by atoms with Crippen LogP contribution in [0.15, 0.2) is 72.6 Å². The van der Waals surface area contributed by atoms with Gasteiger partial charge in [0.1, 0.15) is 5.76 Å². The molecule has 2 aromatic heterocycles. The molecule has 253 valence electrons. The Hall–Kier alpha value is -2.31. The Morgan fingerprint density at radius 2 is 1.60 bits per heavy atom. The predicted molar refractivity (Wildman–Crippen MR) is 204 cm³/mol. The molecule has 0 aliphatic heterocycles. The number of aliphatic hydroxyl groups excluding tert-OH is 1. The van der Waals surface area contributed by atoms with E-state index in [1.54, 1.807) is 4.40 Å². The van der Waals surface area contributed by atoms with Gasteiger partial charge in [0.05, 0.1) is 0 Å². The molecule has 0 aliphatic rings. The normalized spacial score (nSPS) is 12.7.